The molecule has 156 valence electrons. The van der Waals surface area contributed by atoms with Gasteiger partial charge in [-0.15, -0.1) is 11.3 Å². The van der Waals surface area contributed by atoms with E-state index in [-0.39, 0.29) is 17.4 Å². The zero-order chi connectivity index (χ0) is 21.5. The van der Waals surface area contributed by atoms with E-state index in [0.717, 1.165) is 21.6 Å². The second kappa shape index (κ2) is 8.06. The molecule has 2 heterocycles. The number of rotatable bonds is 4. The summed E-state index contributed by atoms with van der Waals surface area (Å²) in [5, 5.41) is 0.448. The maximum Gasteiger partial charge on any atom is 0.348 e. The van der Waals surface area contributed by atoms with Crippen LogP contribution in [0.2, 0.25) is 5.02 Å². The van der Waals surface area contributed by atoms with Gasteiger partial charge in [0.05, 0.1) is 17.2 Å². The number of hydrogen-bond acceptors (Lipinski definition) is 5. The lowest BCUT2D eigenvalue weighted by Crippen LogP contribution is -2.32. The Morgan fingerprint density at radius 3 is 2.60 bits per heavy atom. The van der Waals surface area contributed by atoms with Crippen molar-refractivity contribution in [1.82, 2.24) is 0 Å². The zero-order valence-electron chi connectivity index (χ0n) is 16.5. The molecule has 0 amide bonds. The molecule has 0 aliphatic carbocycles. The SMILES string of the molecule is CCOC(=O)c1cc2c(s1)-c1ccc(Cl)cc1N(S(=O)(=O)c1ccc(C)cc1)CC2. The number of halogens is 1. The van der Waals surface area contributed by atoms with Crippen LogP contribution in [0, 0.1) is 6.92 Å². The first-order valence-corrected chi connectivity index (χ1v) is 12.1. The van der Waals surface area contributed by atoms with E-state index in [1.165, 1.54) is 15.6 Å². The molecule has 0 N–H and O–H groups in total. The van der Waals surface area contributed by atoms with Crippen LogP contribution in [0.15, 0.2) is 53.4 Å². The Morgan fingerprint density at radius 1 is 1.17 bits per heavy atom. The molecule has 2 aromatic carbocycles. The Labute approximate surface area is 184 Å². The number of carbonyl (C=O) groups excluding carboxylic acids is 1. The number of thiophene rings is 1. The van der Waals surface area contributed by atoms with Crippen molar-refractivity contribution in [2.24, 2.45) is 0 Å². The fourth-order valence-electron chi connectivity index (χ4n) is 3.48. The first-order valence-electron chi connectivity index (χ1n) is 9.50. The summed E-state index contributed by atoms with van der Waals surface area (Å²) in [5.41, 5.74) is 3.16. The molecule has 1 aliphatic heterocycles. The first kappa shape index (κ1) is 20.9. The van der Waals surface area contributed by atoms with E-state index < -0.39 is 10.0 Å². The molecule has 0 atom stereocenters. The second-order valence-corrected chi connectivity index (χ2v) is 10.3. The zero-order valence-corrected chi connectivity index (χ0v) is 18.9. The smallest absolute Gasteiger partial charge is 0.348 e. The number of sulfonamides is 1. The number of nitrogens with zero attached hydrogens (tertiary/aromatic N) is 1. The summed E-state index contributed by atoms with van der Waals surface area (Å²) >= 11 is 7.56. The molecule has 30 heavy (non-hydrogen) atoms. The fourth-order valence-corrected chi connectivity index (χ4v) is 6.26. The monoisotopic (exact) mass is 461 g/mol. The minimum Gasteiger partial charge on any atom is -0.462 e. The van der Waals surface area contributed by atoms with Crippen LogP contribution in [0.1, 0.15) is 27.7 Å². The Kier molecular flexibility index (Phi) is 5.61. The Morgan fingerprint density at radius 2 is 1.90 bits per heavy atom. The van der Waals surface area contributed by atoms with Crippen molar-refractivity contribution < 1.29 is 17.9 Å². The lowest BCUT2D eigenvalue weighted by molar-refractivity contribution is 0.0532. The van der Waals surface area contributed by atoms with E-state index in [1.807, 2.05) is 13.0 Å². The molecule has 1 aliphatic rings. The molecule has 5 nitrogen and oxygen atoms in total. The molecular weight excluding hydrogens is 442 g/mol. The lowest BCUT2D eigenvalue weighted by Gasteiger charge is -2.25. The van der Waals surface area contributed by atoms with Crippen molar-refractivity contribution in [2.75, 3.05) is 17.5 Å². The highest BCUT2D eigenvalue weighted by Crippen LogP contribution is 2.44. The molecule has 1 aromatic heterocycles. The van der Waals surface area contributed by atoms with Crippen molar-refractivity contribution >= 4 is 44.6 Å². The summed E-state index contributed by atoms with van der Waals surface area (Å²) < 4.78 is 33.5. The lowest BCUT2D eigenvalue weighted by atomic mass is 10.1. The quantitative estimate of drug-likeness (QED) is 0.494. The topological polar surface area (TPSA) is 63.7 Å². The van der Waals surface area contributed by atoms with E-state index in [4.69, 9.17) is 16.3 Å². The summed E-state index contributed by atoms with van der Waals surface area (Å²) in [6, 6.07) is 13.8. The van der Waals surface area contributed by atoms with Crippen LogP contribution in [0.5, 0.6) is 0 Å². The van der Waals surface area contributed by atoms with Gasteiger partial charge in [-0.3, -0.25) is 4.31 Å². The van der Waals surface area contributed by atoms with Gasteiger partial charge in [-0.25, -0.2) is 13.2 Å². The molecule has 0 bridgehead atoms. The van der Waals surface area contributed by atoms with Crippen molar-refractivity contribution in [3.8, 4) is 10.4 Å². The Hall–Kier alpha value is -2.35. The van der Waals surface area contributed by atoms with Gasteiger partial charge in [0, 0.05) is 22.0 Å². The standard InChI is InChI=1S/C22H20ClNO4S2/c1-3-28-22(25)20-12-15-10-11-24(30(26,27)17-7-4-14(2)5-8-17)19-13-16(23)6-9-18(19)21(15)29-20/h4-9,12-13H,3,10-11H2,1-2H3. The van der Waals surface area contributed by atoms with E-state index in [2.05, 4.69) is 0 Å². The van der Waals surface area contributed by atoms with Gasteiger partial charge < -0.3 is 4.74 Å². The van der Waals surface area contributed by atoms with Crippen LogP contribution in [0.4, 0.5) is 5.69 Å². The summed E-state index contributed by atoms with van der Waals surface area (Å²) in [6.45, 7) is 4.23. The van der Waals surface area contributed by atoms with Gasteiger partial charge >= 0.3 is 5.97 Å². The summed E-state index contributed by atoms with van der Waals surface area (Å²) in [7, 11) is -3.78. The van der Waals surface area contributed by atoms with Gasteiger partial charge in [0.1, 0.15) is 4.88 Å². The van der Waals surface area contributed by atoms with Crippen molar-refractivity contribution in [3.05, 3.63) is 69.6 Å². The second-order valence-electron chi connectivity index (χ2n) is 6.99. The predicted molar refractivity (Wildman–Crippen MR) is 120 cm³/mol. The van der Waals surface area contributed by atoms with Crippen LogP contribution < -0.4 is 4.31 Å². The number of fused-ring (bicyclic) bond motifs is 3. The van der Waals surface area contributed by atoms with Crippen LogP contribution in [0.25, 0.3) is 10.4 Å². The maximum atomic E-state index is 13.5. The third kappa shape index (κ3) is 3.73. The Balaban J connectivity index is 1.84. The number of esters is 1. The third-order valence-electron chi connectivity index (χ3n) is 4.95. The molecule has 0 radical (unpaired) electrons. The minimum absolute atomic E-state index is 0.233. The number of aryl methyl sites for hydroxylation is 1. The molecule has 0 saturated heterocycles. The van der Waals surface area contributed by atoms with Gasteiger partial charge in [-0.2, -0.15) is 0 Å². The van der Waals surface area contributed by atoms with Crippen molar-refractivity contribution in [3.63, 3.8) is 0 Å². The van der Waals surface area contributed by atoms with Gasteiger partial charge in [-0.05, 0) is 62.2 Å². The van der Waals surface area contributed by atoms with Crippen LogP contribution in [-0.4, -0.2) is 27.5 Å². The molecule has 4 rings (SSSR count). The van der Waals surface area contributed by atoms with Gasteiger partial charge in [0.15, 0.2) is 0 Å². The summed E-state index contributed by atoms with van der Waals surface area (Å²) in [6.07, 6.45) is 0.475. The number of anilines is 1. The molecule has 0 spiro atoms. The van der Waals surface area contributed by atoms with Crippen LogP contribution in [-0.2, 0) is 21.2 Å². The third-order valence-corrected chi connectivity index (χ3v) is 8.21. The average Bonchev–Trinajstić information content (AvgIpc) is 3.06. The van der Waals surface area contributed by atoms with E-state index in [1.54, 1.807) is 49.4 Å². The van der Waals surface area contributed by atoms with Gasteiger partial charge in [-0.1, -0.05) is 29.3 Å². The van der Waals surface area contributed by atoms with Gasteiger partial charge in [0.2, 0.25) is 0 Å². The first-order chi connectivity index (χ1) is 14.3. The molecule has 8 heteroatoms. The van der Waals surface area contributed by atoms with Crippen LogP contribution >= 0.6 is 22.9 Å². The molecule has 0 unspecified atom stereocenters. The number of ether oxygens (including phenoxy) is 1. The average molecular weight is 462 g/mol. The van der Waals surface area contributed by atoms with Gasteiger partial charge in [0.25, 0.3) is 10.0 Å². The van der Waals surface area contributed by atoms with E-state index in [9.17, 15) is 13.2 Å². The Bertz CT molecular complexity index is 1220. The van der Waals surface area contributed by atoms with E-state index in [0.29, 0.717) is 28.6 Å². The molecule has 3 aromatic rings. The predicted octanol–water partition coefficient (Wildman–Crippen LogP) is 5.31. The van der Waals surface area contributed by atoms with E-state index >= 15 is 0 Å². The number of benzene rings is 2. The summed E-state index contributed by atoms with van der Waals surface area (Å²) in [4.78, 5) is 13.8. The van der Waals surface area contributed by atoms with Crippen molar-refractivity contribution in [1.29, 1.82) is 0 Å². The largest absolute Gasteiger partial charge is 0.462 e. The molecular formula is C22H20ClNO4S2. The fraction of sp³-hybridized carbons (Fsp3) is 0.227. The van der Waals surface area contributed by atoms with Crippen LogP contribution in [0.3, 0.4) is 0 Å². The highest BCUT2D eigenvalue weighted by molar-refractivity contribution is 7.92. The molecule has 0 fully saturated rings. The highest BCUT2D eigenvalue weighted by Gasteiger charge is 2.31. The highest BCUT2D eigenvalue weighted by atomic mass is 35.5. The number of hydrogen-bond donors (Lipinski definition) is 0. The maximum absolute atomic E-state index is 13.5. The molecule has 0 saturated carbocycles. The normalized spacial score (nSPS) is 13.4. The minimum atomic E-state index is -3.78. The summed E-state index contributed by atoms with van der Waals surface area (Å²) in [5.74, 6) is -0.366. The van der Waals surface area contributed by atoms with Crippen molar-refractivity contribution in [2.45, 2.75) is 25.2 Å². The number of carbonyl (C=O) groups is 1.